The molecule has 5 nitrogen and oxygen atoms in total. The van der Waals surface area contributed by atoms with E-state index in [0.29, 0.717) is 11.5 Å². The van der Waals surface area contributed by atoms with Crippen LogP contribution in [0, 0.1) is 6.92 Å². The van der Waals surface area contributed by atoms with Crippen molar-refractivity contribution >= 4 is 15.8 Å². The number of nitrogens with two attached hydrogens (primary N) is 1. The van der Waals surface area contributed by atoms with Gasteiger partial charge in [-0.2, -0.15) is 0 Å². The molecule has 1 rings (SSSR count). The number of nitrogens with zero attached hydrogens (tertiary/aromatic N) is 1. The summed E-state index contributed by atoms with van der Waals surface area (Å²) in [5.41, 5.74) is 0.398. The Labute approximate surface area is 77.0 Å². The number of aryl methyl sites for hydroxylation is 1. The summed E-state index contributed by atoms with van der Waals surface area (Å²) in [5, 5.41) is 7.76. The lowest BCUT2D eigenvalue weighted by Gasteiger charge is -2.04. The van der Waals surface area contributed by atoms with Gasteiger partial charge in [0.15, 0.2) is 0 Å². The number of nitrogens with one attached hydrogen (secondary N) is 1. The lowest BCUT2D eigenvalue weighted by atomic mass is 10.4. The van der Waals surface area contributed by atoms with Crippen LogP contribution in [0.15, 0.2) is 17.0 Å². The second kappa shape index (κ2) is 3.31. The van der Waals surface area contributed by atoms with Crippen molar-refractivity contribution in [3.63, 3.8) is 0 Å². The molecule has 6 heteroatoms. The Morgan fingerprint density at radius 3 is 2.46 bits per heavy atom. The number of aromatic nitrogens is 1. The predicted molar refractivity (Wildman–Crippen MR) is 49.9 cm³/mol. The summed E-state index contributed by atoms with van der Waals surface area (Å²) < 4.78 is 21.9. The average Bonchev–Trinajstić information content (AvgIpc) is 2.01. The van der Waals surface area contributed by atoms with Crippen molar-refractivity contribution in [1.29, 1.82) is 0 Å². The molecule has 0 radical (unpaired) electrons. The average molecular weight is 201 g/mol. The Morgan fingerprint density at radius 1 is 1.46 bits per heavy atom. The lowest BCUT2D eigenvalue weighted by Crippen LogP contribution is -2.14. The lowest BCUT2D eigenvalue weighted by molar-refractivity contribution is 0.596. The number of hydrogen-bond donors (Lipinski definition) is 2. The van der Waals surface area contributed by atoms with Crippen molar-refractivity contribution in [3.8, 4) is 0 Å². The minimum atomic E-state index is -3.65. The molecule has 0 aliphatic carbocycles. The van der Waals surface area contributed by atoms with E-state index < -0.39 is 10.0 Å². The molecule has 3 N–H and O–H groups in total. The van der Waals surface area contributed by atoms with Crippen LogP contribution in [0.2, 0.25) is 0 Å². The largest absolute Gasteiger partial charge is 0.373 e. The smallest absolute Gasteiger partial charge is 0.239 e. The third kappa shape index (κ3) is 2.16. The van der Waals surface area contributed by atoms with Gasteiger partial charge in [0.25, 0.3) is 0 Å². The molecule has 1 aromatic heterocycles. The van der Waals surface area contributed by atoms with Gasteiger partial charge >= 0.3 is 0 Å². The molecule has 0 bridgehead atoms. The Hall–Kier alpha value is -1.14. The highest BCUT2D eigenvalue weighted by molar-refractivity contribution is 7.89. The molecule has 13 heavy (non-hydrogen) atoms. The highest BCUT2D eigenvalue weighted by Gasteiger charge is 2.11. The number of sulfonamides is 1. The predicted octanol–water partition coefficient (Wildman–Crippen LogP) is 0.0791. The summed E-state index contributed by atoms with van der Waals surface area (Å²) in [5.74, 6) is 0.616. The van der Waals surface area contributed by atoms with Gasteiger partial charge in [-0.05, 0) is 19.1 Å². The molecule has 0 saturated heterocycles. The highest BCUT2D eigenvalue weighted by atomic mass is 32.2. The number of rotatable bonds is 2. The maximum Gasteiger partial charge on any atom is 0.239 e. The van der Waals surface area contributed by atoms with Crippen molar-refractivity contribution in [1.82, 2.24) is 4.98 Å². The van der Waals surface area contributed by atoms with Gasteiger partial charge in [0.2, 0.25) is 10.0 Å². The zero-order chi connectivity index (χ0) is 10.1. The minimum Gasteiger partial charge on any atom is -0.373 e. The van der Waals surface area contributed by atoms with E-state index in [1.807, 2.05) is 0 Å². The zero-order valence-electron chi connectivity index (χ0n) is 7.40. The second-order valence-electron chi connectivity index (χ2n) is 2.58. The molecule has 0 fully saturated rings. The van der Waals surface area contributed by atoms with Crippen molar-refractivity contribution < 1.29 is 8.42 Å². The van der Waals surface area contributed by atoms with Crippen LogP contribution in [0.1, 0.15) is 5.69 Å². The third-order valence-corrected chi connectivity index (χ3v) is 2.64. The van der Waals surface area contributed by atoms with Crippen molar-refractivity contribution in [2.45, 2.75) is 11.8 Å². The molecule has 0 aromatic carbocycles. The minimum absolute atomic E-state index is 0.0616. The molecular formula is C7H11N3O2S. The molecular weight excluding hydrogens is 190 g/mol. The van der Waals surface area contributed by atoms with E-state index in [9.17, 15) is 8.42 Å². The molecule has 72 valence electrons. The number of primary sulfonamides is 1. The first kappa shape index (κ1) is 9.94. The molecule has 0 unspecified atom stereocenters. The molecule has 0 saturated carbocycles. The molecule has 0 spiro atoms. The fourth-order valence-corrected chi connectivity index (χ4v) is 1.70. The van der Waals surface area contributed by atoms with Gasteiger partial charge in [-0.1, -0.05) is 0 Å². The van der Waals surface area contributed by atoms with E-state index in [1.54, 1.807) is 20.0 Å². The first-order valence-corrected chi connectivity index (χ1v) is 5.18. The van der Waals surface area contributed by atoms with E-state index in [0.717, 1.165) is 0 Å². The molecule has 0 aliphatic rings. The molecule has 0 aliphatic heterocycles. The third-order valence-electron chi connectivity index (χ3n) is 1.60. The quantitative estimate of drug-likeness (QED) is 0.709. The van der Waals surface area contributed by atoms with Crippen LogP contribution < -0.4 is 10.5 Å². The van der Waals surface area contributed by atoms with Crippen molar-refractivity contribution in [2.75, 3.05) is 12.4 Å². The van der Waals surface area contributed by atoms with E-state index in [2.05, 4.69) is 10.3 Å². The standard InChI is InChI=1S/C7H11N3O2S/c1-5-6(13(8,11)12)3-4-7(9-2)10-5/h3-4H,1-2H3,(H,9,10)(H2,8,11,12). The highest BCUT2D eigenvalue weighted by Crippen LogP contribution is 2.13. The Kier molecular flexibility index (Phi) is 2.53. The van der Waals surface area contributed by atoms with Crippen LogP contribution in [0.4, 0.5) is 5.82 Å². The maximum absolute atomic E-state index is 11.0. The fraction of sp³-hybridized carbons (Fsp3) is 0.286. The SMILES string of the molecule is CNc1ccc(S(N)(=O)=O)c(C)n1. The maximum atomic E-state index is 11.0. The summed E-state index contributed by atoms with van der Waals surface area (Å²) in [4.78, 5) is 4.05. The molecule has 0 amide bonds. The van der Waals surface area contributed by atoms with Crippen LogP contribution in [0.5, 0.6) is 0 Å². The van der Waals surface area contributed by atoms with Crippen LogP contribution in [-0.2, 0) is 10.0 Å². The summed E-state index contributed by atoms with van der Waals surface area (Å²) in [7, 11) is -1.94. The summed E-state index contributed by atoms with van der Waals surface area (Å²) in [6.45, 7) is 1.60. The van der Waals surface area contributed by atoms with Gasteiger partial charge < -0.3 is 5.32 Å². The Bertz CT molecular complexity index is 414. The van der Waals surface area contributed by atoms with Gasteiger partial charge in [0.1, 0.15) is 10.7 Å². The monoisotopic (exact) mass is 201 g/mol. The first-order valence-electron chi connectivity index (χ1n) is 3.63. The molecule has 1 heterocycles. The summed E-state index contributed by atoms with van der Waals surface area (Å²) >= 11 is 0. The van der Waals surface area contributed by atoms with Crippen LogP contribution in [0.25, 0.3) is 0 Å². The zero-order valence-corrected chi connectivity index (χ0v) is 8.22. The first-order chi connectivity index (χ1) is 5.95. The molecule has 1 aromatic rings. The van der Waals surface area contributed by atoms with Gasteiger partial charge in [-0.15, -0.1) is 0 Å². The van der Waals surface area contributed by atoms with Crippen LogP contribution in [0.3, 0.4) is 0 Å². The summed E-state index contributed by atoms with van der Waals surface area (Å²) in [6, 6.07) is 3.00. The number of pyridine rings is 1. The topological polar surface area (TPSA) is 85.1 Å². The second-order valence-corrected chi connectivity index (χ2v) is 4.10. The fourth-order valence-electron chi connectivity index (χ4n) is 0.988. The van der Waals surface area contributed by atoms with Crippen molar-refractivity contribution in [2.24, 2.45) is 5.14 Å². The van der Waals surface area contributed by atoms with Gasteiger partial charge in [-0.25, -0.2) is 18.5 Å². The number of hydrogen-bond acceptors (Lipinski definition) is 4. The van der Waals surface area contributed by atoms with Gasteiger partial charge in [0.05, 0.1) is 5.69 Å². The van der Waals surface area contributed by atoms with Crippen molar-refractivity contribution in [3.05, 3.63) is 17.8 Å². The van der Waals surface area contributed by atoms with Gasteiger partial charge in [0, 0.05) is 7.05 Å². The van der Waals surface area contributed by atoms with E-state index >= 15 is 0 Å². The van der Waals surface area contributed by atoms with Crippen LogP contribution in [-0.4, -0.2) is 20.4 Å². The van der Waals surface area contributed by atoms with E-state index in [1.165, 1.54) is 6.07 Å². The van der Waals surface area contributed by atoms with Crippen LogP contribution >= 0.6 is 0 Å². The molecule has 0 atom stereocenters. The number of anilines is 1. The van der Waals surface area contributed by atoms with Gasteiger partial charge in [-0.3, -0.25) is 0 Å². The Morgan fingerprint density at radius 2 is 2.08 bits per heavy atom. The summed E-state index contributed by atoms with van der Waals surface area (Å²) in [6.07, 6.45) is 0. The van der Waals surface area contributed by atoms with E-state index in [-0.39, 0.29) is 4.90 Å². The normalized spacial score (nSPS) is 11.3. The van der Waals surface area contributed by atoms with E-state index in [4.69, 9.17) is 5.14 Å². The Balaban J connectivity index is 3.29.